The van der Waals surface area contributed by atoms with Crippen molar-refractivity contribution >= 4 is 5.97 Å². The van der Waals surface area contributed by atoms with Crippen molar-refractivity contribution in [2.75, 3.05) is 13.1 Å². The van der Waals surface area contributed by atoms with Crippen molar-refractivity contribution in [3.8, 4) is 0 Å². The summed E-state index contributed by atoms with van der Waals surface area (Å²) in [6, 6.07) is 11.7. The van der Waals surface area contributed by atoms with Crippen LogP contribution in [0, 0.1) is 5.92 Å². The number of rotatable bonds is 7. The normalized spacial score (nSPS) is 25.9. The van der Waals surface area contributed by atoms with Gasteiger partial charge in [0.25, 0.3) is 0 Å². The van der Waals surface area contributed by atoms with E-state index in [4.69, 9.17) is 5.11 Å². The predicted octanol–water partition coefficient (Wildman–Crippen LogP) is 2.88. The van der Waals surface area contributed by atoms with Crippen LogP contribution in [0.2, 0.25) is 0 Å². The SMILES string of the molecule is O=C(O)CCC1CC(NCc2ccccc2)CN(C2CCC2)C1. The zero-order valence-corrected chi connectivity index (χ0v) is 13.8. The van der Waals surface area contributed by atoms with Gasteiger partial charge in [0.2, 0.25) is 0 Å². The van der Waals surface area contributed by atoms with E-state index in [9.17, 15) is 4.79 Å². The van der Waals surface area contributed by atoms with Crippen LogP contribution in [0.1, 0.15) is 44.1 Å². The molecule has 1 aliphatic carbocycles. The van der Waals surface area contributed by atoms with Crippen molar-refractivity contribution < 1.29 is 9.90 Å². The van der Waals surface area contributed by atoms with Crippen LogP contribution < -0.4 is 5.32 Å². The molecule has 1 aliphatic heterocycles. The van der Waals surface area contributed by atoms with E-state index >= 15 is 0 Å². The molecule has 2 aliphatic rings. The van der Waals surface area contributed by atoms with E-state index in [1.165, 1.54) is 24.8 Å². The minimum atomic E-state index is -0.667. The molecule has 4 nitrogen and oxygen atoms in total. The van der Waals surface area contributed by atoms with E-state index in [-0.39, 0.29) is 0 Å². The smallest absolute Gasteiger partial charge is 0.303 e. The Morgan fingerprint density at radius 3 is 2.65 bits per heavy atom. The molecule has 23 heavy (non-hydrogen) atoms. The maximum atomic E-state index is 10.9. The van der Waals surface area contributed by atoms with Crippen LogP contribution in [-0.4, -0.2) is 41.1 Å². The third-order valence-corrected chi connectivity index (χ3v) is 5.36. The Balaban J connectivity index is 1.55. The lowest BCUT2D eigenvalue weighted by atomic mass is 9.85. The van der Waals surface area contributed by atoms with Crippen molar-refractivity contribution in [1.82, 2.24) is 10.2 Å². The Morgan fingerprint density at radius 1 is 1.22 bits per heavy atom. The lowest BCUT2D eigenvalue weighted by Crippen LogP contribution is -2.54. The highest BCUT2D eigenvalue weighted by Crippen LogP contribution is 2.30. The predicted molar refractivity (Wildman–Crippen MR) is 91.3 cm³/mol. The standard InChI is InChI=1S/C19H28N2O2/c22-19(23)10-9-16-11-17(14-21(13-16)18-7-4-8-18)20-12-15-5-2-1-3-6-15/h1-3,5-6,16-18,20H,4,7-14H2,(H,22,23). The van der Waals surface area contributed by atoms with Crippen molar-refractivity contribution in [3.63, 3.8) is 0 Å². The van der Waals surface area contributed by atoms with Crippen LogP contribution in [0.25, 0.3) is 0 Å². The van der Waals surface area contributed by atoms with Crippen molar-refractivity contribution in [2.45, 2.75) is 57.2 Å². The maximum absolute atomic E-state index is 10.9. The highest BCUT2D eigenvalue weighted by atomic mass is 16.4. The highest BCUT2D eigenvalue weighted by Gasteiger charge is 2.33. The summed E-state index contributed by atoms with van der Waals surface area (Å²) in [5.74, 6) is -0.159. The topological polar surface area (TPSA) is 52.6 Å². The van der Waals surface area contributed by atoms with Gasteiger partial charge >= 0.3 is 5.97 Å². The van der Waals surface area contributed by atoms with Crippen LogP contribution in [0.3, 0.4) is 0 Å². The zero-order chi connectivity index (χ0) is 16.1. The van der Waals surface area contributed by atoms with Gasteiger partial charge < -0.3 is 10.4 Å². The fourth-order valence-electron chi connectivity index (χ4n) is 3.83. The summed E-state index contributed by atoms with van der Waals surface area (Å²) < 4.78 is 0. The van der Waals surface area contributed by atoms with E-state index in [1.54, 1.807) is 0 Å². The molecule has 0 amide bonds. The molecule has 0 aromatic heterocycles. The van der Waals surface area contributed by atoms with Crippen molar-refractivity contribution in [1.29, 1.82) is 0 Å². The summed E-state index contributed by atoms with van der Waals surface area (Å²) in [4.78, 5) is 13.5. The van der Waals surface area contributed by atoms with Gasteiger partial charge in [-0.25, -0.2) is 0 Å². The second-order valence-corrected chi connectivity index (χ2v) is 7.14. The van der Waals surface area contributed by atoms with Crippen LogP contribution in [0.15, 0.2) is 30.3 Å². The van der Waals surface area contributed by atoms with Gasteiger partial charge in [-0.05, 0) is 37.2 Å². The van der Waals surface area contributed by atoms with Crippen LogP contribution >= 0.6 is 0 Å². The van der Waals surface area contributed by atoms with Crippen molar-refractivity contribution in [2.24, 2.45) is 5.92 Å². The molecule has 126 valence electrons. The Morgan fingerprint density at radius 2 is 2.00 bits per heavy atom. The Bertz CT molecular complexity index is 501. The maximum Gasteiger partial charge on any atom is 0.303 e. The number of hydrogen-bond acceptors (Lipinski definition) is 3. The molecule has 2 N–H and O–H groups in total. The molecule has 0 bridgehead atoms. The molecule has 2 atom stereocenters. The van der Waals surface area contributed by atoms with E-state index in [0.29, 0.717) is 18.4 Å². The van der Waals surface area contributed by atoms with Gasteiger partial charge in [-0.15, -0.1) is 0 Å². The molecule has 1 saturated heterocycles. The fraction of sp³-hybridized carbons (Fsp3) is 0.632. The third-order valence-electron chi connectivity index (χ3n) is 5.36. The fourth-order valence-corrected chi connectivity index (χ4v) is 3.83. The first-order chi connectivity index (χ1) is 11.2. The number of carboxylic acids is 1. The minimum absolute atomic E-state index is 0.300. The molecule has 4 heteroatoms. The number of aliphatic carboxylic acids is 1. The number of hydrogen-bond donors (Lipinski definition) is 2. The molecule has 0 radical (unpaired) electrons. The van der Waals surface area contributed by atoms with E-state index in [0.717, 1.165) is 38.5 Å². The summed E-state index contributed by atoms with van der Waals surface area (Å²) in [7, 11) is 0. The molecule has 2 unspecified atom stereocenters. The molecule has 3 rings (SSSR count). The molecular weight excluding hydrogens is 288 g/mol. The van der Waals surface area contributed by atoms with Gasteiger partial charge in [0.05, 0.1) is 0 Å². The number of likely N-dealkylation sites (tertiary alicyclic amines) is 1. The Hall–Kier alpha value is -1.39. The highest BCUT2D eigenvalue weighted by molar-refractivity contribution is 5.66. The van der Waals surface area contributed by atoms with Crippen LogP contribution in [0.4, 0.5) is 0 Å². The molecule has 1 saturated carbocycles. The van der Waals surface area contributed by atoms with E-state index < -0.39 is 5.97 Å². The lowest BCUT2D eigenvalue weighted by molar-refractivity contribution is -0.137. The summed E-state index contributed by atoms with van der Waals surface area (Å²) in [6.45, 7) is 3.10. The average molecular weight is 316 g/mol. The first-order valence-electron chi connectivity index (χ1n) is 8.94. The van der Waals surface area contributed by atoms with Gasteiger partial charge in [0.15, 0.2) is 0 Å². The number of nitrogens with one attached hydrogen (secondary N) is 1. The number of carbonyl (C=O) groups is 1. The Kier molecular flexibility index (Phi) is 5.68. The number of piperidine rings is 1. The second kappa shape index (κ2) is 7.93. The number of nitrogens with zero attached hydrogens (tertiary/aromatic N) is 1. The van der Waals surface area contributed by atoms with Crippen LogP contribution in [0.5, 0.6) is 0 Å². The average Bonchev–Trinajstić information content (AvgIpc) is 2.50. The van der Waals surface area contributed by atoms with Gasteiger partial charge in [0.1, 0.15) is 0 Å². The van der Waals surface area contributed by atoms with Crippen LogP contribution in [-0.2, 0) is 11.3 Å². The molecule has 1 aromatic rings. The minimum Gasteiger partial charge on any atom is -0.481 e. The Labute approximate surface area is 138 Å². The largest absolute Gasteiger partial charge is 0.481 e. The first kappa shape index (κ1) is 16.5. The zero-order valence-electron chi connectivity index (χ0n) is 13.8. The number of carboxylic acid groups (broad SMARTS) is 1. The van der Waals surface area contributed by atoms with E-state index in [2.05, 4.69) is 34.5 Å². The number of benzene rings is 1. The summed E-state index contributed by atoms with van der Waals surface area (Å²) in [6.07, 6.45) is 6.19. The molecule has 2 fully saturated rings. The first-order valence-corrected chi connectivity index (χ1v) is 8.94. The summed E-state index contributed by atoms with van der Waals surface area (Å²) >= 11 is 0. The third kappa shape index (κ3) is 4.79. The molecule has 0 spiro atoms. The van der Waals surface area contributed by atoms with Gasteiger partial charge in [0, 0.05) is 38.1 Å². The van der Waals surface area contributed by atoms with Crippen molar-refractivity contribution in [3.05, 3.63) is 35.9 Å². The summed E-state index contributed by atoms with van der Waals surface area (Å²) in [5, 5.41) is 12.7. The monoisotopic (exact) mass is 316 g/mol. The van der Waals surface area contributed by atoms with E-state index in [1.807, 2.05) is 6.07 Å². The molecule has 1 heterocycles. The molecular formula is C19H28N2O2. The quantitative estimate of drug-likeness (QED) is 0.812. The second-order valence-electron chi connectivity index (χ2n) is 7.14. The van der Waals surface area contributed by atoms with Gasteiger partial charge in [-0.1, -0.05) is 36.8 Å². The molecule has 1 aromatic carbocycles. The van der Waals surface area contributed by atoms with Gasteiger partial charge in [-0.3, -0.25) is 9.69 Å². The van der Waals surface area contributed by atoms with Gasteiger partial charge in [-0.2, -0.15) is 0 Å². The summed E-state index contributed by atoms with van der Waals surface area (Å²) in [5.41, 5.74) is 1.32. The lowest BCUT2D eigenvalue weighted by Gasteiger charge is -2.45.